The van der Waals surface area contributed by atoms with E-state index in [2.05, 4.69) is 15.2 Å². The molecule has 2 aromatic rings. The fraction of sp³-hybridized carbons (Fsp3) is 0.381. The number of rotatable bonds is 7. The first-order valence-corrected chi connectivity index (χ1v) is 10.6. The van der Waals surface area contributed by atoms with Crippen molar-refractivity contribution < 1.29 is 19.2 Å². The molecule has 1 saturated heterocycles. The maximum atomic E-state index is 12.5. The van der Waals surface area contributed by atoms with Gasteiger partial charge in [-0.25, -0.2) is 9.78 Å². The molecule has 1 amide bonds. The standard InChI is InChI=1S/C21H24ClN5O5/c1-2-32-21(29)15-4-7-19(23-13-15)26-9-3-8-25(10-11-26)14-20(28)24-17-6-5-16(22)12-18(17)27(30)31/h4-7,12-13H,2-3,8-11,14H2,1H3,(H,24,28). The van der Waals surface area contributed by atoms with Gasteiger partial charge in [0.15, 0.2) is 0 Å². The highest BCUT2D eigenvalue weighted by Crippen LogP contribution is 2.27. The second-order valence-electron chi connectivity index (χ2n) is 7.21. The maximum Gasteiger partial charge on any atom is 0.339 e. The van der Waals surface area contributed by atoms with Gasteiger partial charge < -0.3 is 15.0 Å². The topological polar surface area (TPSA) is 118 Å². The number of ether oxygens (including phenoxy) is 1. The van der Waals surface area contributed by atoms with Gasteiger partial charge in [-0.3, -0.25) is 19.8 Å². The van der Waals surface area contributed by atoms with Gasteiger partial charge in [-0.2, -0.15) is 0 Å². The number of carbonyl (C=O) groups is 2. The summed E-state index contributed by atoms with van der Waals surface area (Å²) < 4.78 is 4.97. The molecule has 0 saturated carbocycles. The number of nitro groups is 1. The number of aromatic nitrogens is 1. The summed E-state index contributed by atoms with van der Waals surface area (Å²) in [5.41, 5.74) is 0.275. The zero-order chi connectivity index (χ0) is 23.1. The fourth-order valence-corrected chi connectivity index (χ4v) is 3.59. The highest BCUT2D eigenvalue weighted by atomic mass is 35.5. The minimum absolute atomic E-state index is 0.114. The number of carbonyl (C=O) groups excluding carboxylic acids is 2. The van der Waals surface area contributed by atoms with Crippen LogP contribution in [0, 0.1) is 10.1 Å². The van der Waals surface area contributed by atoms with Crippen LogP contribution in [0.1, 0.15) is 23.7 Å². The van der Waals surface area contributed by atoms with Gasteiger partial charge in [-0.05, 0) is 37.6 Å². The number of pyridine rings is 1. The Labute approximate surface area is 190 Å². The van der Waals surface area contributed by atoms with E-state index < -0.39 is 10.9 Å². The average molecular weight is 462 g/mol. The molecule has 0 unspecified atom stereocenters. The number of nitrogens with one attached hydrogen (secondary N) is 1. The van der Waals surface area contributed by atoms with Gasteiger partial charge in [0.25, 0.3) is 5.69 Å². The van der Waals surface area contributed by atoms with Gasteiger partial charge in [0, 0.05) is 43.5 Å². The molecule has 0 aliphatic carbocycles. The zero-order valence-electron chi connectivity index (χ0n) is 17.6. The van der Waals surface area contributed by atoms with Crippen LogP contribution in [-0.2, 0) is 9.53 Å². The van der Waals surface area contributed by atoms with Crippen LogP contribution in [-0.4, -0.2) is 66.0 Å². The Morgan fingerprint density at radius 2 is 2.03 bits per heavy atom. The van der Waals surface area contributed by atoms with Crippen LogP contribution in [0.3, 0.4) is 0 Å². The summed E-state index contributed by atoms with van der Waals surface area (Å²) in [6.07, 6.45) is 2.32. The van der Waals surface area contributed by atoms with Gasteiger partial charge in [-0.1, -0.05) is 11.6 Å². The van der Waals surface area contributed by atoms with Gasteiger partial charge in [0.2, 0.25) is 5.91 Å². The third kappa shape index (κ3) is 6.14. The summed E-state index contributed by atoms with van der Waals surface area (Å²) in [6, 6.07) is 7.60. The van der Waals surface area contributed by atoms with Crippen molar-refractivity contribution in [3.05, 3.63) is 57.2 Å². The molecule has 32 heavy (non-hydrogen) atoms. The maximum absolute atomic E-state index is 12.5. The molecule has 2 heterocycles. The largest absolute Gasteiger partial charge is 0.462 e. The average Bonchev–Trinajstić information content (AvgIpc) is 3.00. The fourth-order valence-electron chi connectivity index (χ4n) is 3.42. The first-order chi connectivity index (χ1) is 15.4. The predicted molar refractivity (Wildman–Crippen MR) is 120 cm³/mol. The summed E-state index contributed by atoms with van der Waals surface area (Å²) in [7, 11) is 0. The lowest BCUT2D eigenvalue weighted by atomic mass is 10.2. The smallest absolute Gasteiger partial charge is 0.339 e. The molecule has 0 bridgehead atoms. The monoisotopic (exact) mass is 461 g/mol. The molecule has 3 rings (SSSR count). The van der Waals surface area contributed by atoms with Crippen molar-refractivity contribution in [3.63, 3.8) is 0 Å². The van der Waals surface area contributed by atoms with E-state index in [0.717, 1.165) is 18.8 Å². The van der Waals surface area contributed by atoms with E-state index in [1.54, 1.807) is 19.1 Å². The van der Waals surface area contributed by atoms with Crippen LogP contribution in [0.5, 0.6) is 0 Å². The molecule has 0 atom stereocenters. The van der Waals surface area contributed by atoms with Crippen molar-refractivity contribution in [3.8, 4) is 0 Å². The lowest BCUT2D eigenvalue weighted by Gasteiger charge is -2.22. The quantitative estimate of drug-likeness (QED) is 0.380. The number of nitrogens with zero attached hydrogens (tertiary/aromatic N) is 4. The molecule has 1 aliphatic heterocycles. The molecule has 1 aliphatic rings. The number of halogens is 1. The van der Waals surface area contributed by atoms with Crippen LogP contribution in [0.4, 0.5) is 17.2 Å². The Hall–Kier alpha value is -3.24. The van der Waals surface area contributed by atoms with Gasteiger partial charge in [-0.15, -0.1) is 0 Å². The van der Waals surface area contributed by atoms with Gasteiger partial charge >= 0.3 is 5.97 Å². The predicted octanol–water partition coefficient (Wildman–Crippen LogP) is 2.97. The molecular weight excluding hydrogens is 438 g/mol. The molecule has 1 aromatic carbocycles. The Kier molecular flexibility index (Phi) is 7.96. The second kappa shape index (κ2) is 10.9. The molecule has 0 radical (unpaired) electrons. The Morgan fingerprint density at radius 1 is 1.22 bits per heavy atom. The van der Waals surface area contributed by atoms with Crippen molar-refractivity contribution in [2.75, 3.05) is 49.5 Å². The summed E-state index contributed by atoms with van der Waals surface area (Å²) in [4.78, 5) is 43.3. The minimum Gasteiger partial charge on any atom is -0.462 e. The zero-order valence-corrected chi connectivity index (χ0v) is 18.4. The van der Waals surface area contributed by atoms with E-state index in [-0.39, 0.29) is 28.8 Å². The van der Waals surface area contributed by atoms with Crippen molar-refractivity contribution in [2.24, 2.45) is 0 Å². The number of hydrogen-bond donors (Lipinski definition) is 1. The molecular formula is C21H24ClN5O5. The van der Waals surface area contributed by atoms with Crippen LogP contribution in [0.25, 0.3) is 0 Å². The summed E-state index contributed by atoms with van der Waals surface area (Å²) in [5, 5.41) is 14.0. The number of benzene rings is 1. The lowest BCUT2D eigenvalue weighted by Crippen LogP contribution is -2.36. The molecule has 10 nitrogen and oxygen atoms in total. The minimum atomic E-state index is -0.578. The van der Waals surface area contributed by atoms with Crippen molar-refractivity contribution in [2.45, 2.75) is 13.3 Å². The van der Waals surface area contributed by atoms with E-state index in [9.17, 15) is 19.7 Å². The Balaban J connectivity index is 1.56. The number of amides is 1. The summed E-state index contributed by atoms with van der Waals surface area (Å²) >= 11 is 5.82. The first kappa shape index (κ1) is 23.4. The number of hydrogen-bond acceptors (Lipinski definition) is 8. The molecule has 1 fully saturated rings. The Bertz CT molecular complexity index is 985. The van der Waals surface area contributed by atoms with Crippen LogP contribution in [0.15, 0.2) is 36.5 Å². The molecule has 0 spiro atoms. The van der Waals surface area contributed by atoms with E-state index in [1.165, 1.54) is 24.4 Å². The van der Waals surface area contributed by atoms with Crippen molar-refractivity contribution >= 4 is 40.7 Å². The molecule has 170 valence electrons. The number of anilines is 2. The SMILES string of the molecule is CCOC(=O)c1ccc(N2CCCN(CC(=O)Nc3ccc(Cl)cc3[N+](=O)[O-])CC2)nc1. The number of esters is 1. The van der Waals surface area contributed by atoms with Crippen LogP contribution < -0.4 is 10.2 Å². The van der Waals surface area contributed by atoms with E-state index in [4.69, 9.17) is 16.3 Å². The third-order valence-electron chi connectivity index (χ3n) is 4.97. The molecule has 1 N–H and O–H groups in total. The summed E-state index contributed by atoms with van der Waals surface area (Å²) in [5.74, 6) is 0.0162. The van der Waals surface area contributed by atoms with Crippen molar-refractivity contribution in [1.82, 2.24) is 9.88 Å². The number of nitro benzene ring substituents is 1. The third-order valence-corrected chi connectivity index (χ3v) is 5.20. The lowest BCUT2D eigenvalue weighted by molar-refractivity contribution is -0.383. The molecule has 1 aromatic heterocycles. The van der Waals surface area contributed by atoms with E-state index in [1.807, 2.05) is 4.90 Å². The second-order valence-corrected chi connectivity index (χ2v) is 7.65. The van der Waals surface area contributed by atoms with E-state index in [0.29, 0.717) is 31.8 Å². The van der Waals surface area contributed by atoms with Crippen molar-refractivity contribution in [1.29, 1.82) is 0 Å². The summed E-state index contributed by atoms with van der Waals surface area (Å²) in [6.45, 7) is 4.90. The molecule has 11 heteroatoms. The van der Waals surface area contributed by atoms with Gasteiger partial charge in [0.05, 0.1) is 23.6 Å². The van der Waals surface area contributed by atoms with Crippen LogP contribution in [0.2, 0.25) is 5.02 Å². The van der Waals surface area contributed by atoms with Gasteiger partial charge in [0.1, 0.15) is 11.5 Å². The first-order valence-electron chi connectivity index (χ1n) is 10.2. The van der Waals surface area contributed by atoms with Crippen LogP contribution >= 0.6 is 11.6 Å². The highest BCUT2D eigenvalue weighted by Gasteiger charge is 2.21. The van der Waals surface area contributed by atoms with E-state index >= 15 is 0 Å². The normalized spacial score (nSPS) is 14.5. The highest BCUT2D eigenvalue weighted by molar-refractivity contribution is 6.31. The Morgan fingerprint density at radius 3 is 2.72 bits per heavy atom.